The van der Waals surface area contributed by atoms with Crippen molar-refractivity contribution in [1.82, 2.24) is 4.90 Å². The third-order valence-electron chi connectivity index (χ3n) is 4.31. The van der Waals surface area contributed by atoms with Crippen LogP contribution in [0.4, 0.5) is 11.4 Å². The Morgan fingerprint density at radius 2 is 1.76 bits per heavy atom. The molecule has 132 valence electrons. The fourth-order valence-electron chi connectivity index (χ4n) is 2.93. The fraction of sp³-hybridized carbons (Fsp3) is 0.278. The number of hydrogen-bond donors (Lipinski definition) is 1. The zero-order valence-corrected chi connectivity index (χ0v) is 15.3. The minimum absolute atomic E-state index is 0.113. The molecule has 0 saturated carbocycles. The first-order valence-electron chi connectivity index (χ1n) is 7.93. The van der Waals surface area contributed by atoms with Gasteiger partial charge in [-0.3, -0.25) is 4.79 Å². The van der Waals surface area contributed by atoms with E-state index in [0.717, 1.165) is 5.69 Å². The molecule has 25 heavy (non-hydrogen) atoms. The predicted octanol–water partition coefficient (Wildman–Crippen LogP) is 3.55. The van der Waals surface area contributed by atoms with E-state index in [0.29, 0.717) is 53.2 Å². The van der Waals surface area contributed by atoms with Gasteiger partial charge in [-0.05, 0) is 18.2 Å². The first-order chi connectivity index (χ1) is 12.0. The highest BCUT2D eigenvalue weighted by Crippen LogP contribution is 2.31. The van der Waals surface area contributed by atoms with Crippen LogP contribution in [-0.4, -0.2) is 44.1 Å². The van der Waals surface area contributed by atoms with Crippen LogP contribution >= 0.6 is 23.2 Å². The third kappa shape index (κ3) is 3.62. The molecule has 1 heterocycles. The van der Waals surface area contributed by atoms with Crippen LogP contribution in [0.25, 0.3) is 0 Å². The fourth-order valence-corrected chi connectivity index (χ4v) is 3.35. The Morgan fingerprint density at radius 1 is 1.08 bits per heavy atom. The summed E-state index contributed by atoms with van der Waals surface area (Å²) >= 11 is 12.3. The summed E-state index contributed by atoms with van der Waals surface area (Å²) < 4.78 is 5.29. The highest BCUT2D eigenvalue weighted by Gasteiger charge is 2.25. The maximum absolute atomic E-state index is 12.9. The second-order valence-electron chi connectivity index (χ2n) is 5.80. The number of nitrogens with two attached hydrogens (primary N) is 1. The number of para-hydroxylation sites is 1. The van der Waals surface area contributed by atoms with Crippen molar-refractivity contribution in [3.05, 3.63) is 52.0 Å². The van der Waals surface area contributed by atoms with Crippen molar-refractivity contribution < 1.29 is 9.53 Å². The van der Waals surface area contributed by atoms with Crippen LogP contribution in [0.15, 0.2) is 36.4 Å². The summed E-state index contributed by atoms with van der Waals surface area (Å²) in [6, 6.07) is 10.9. The summed E-state index contributed by atoms with van der Waals surface area (Å²) in [5.41, 5.74) is 7.59. The summed E-state index contributed by atoms with van der Waals surface area (Å²) in [4.78, 5) is 16.8. The number of ether oxygens (including phenoxy) is 1. The minimum Gasteiger partial charge on any atom is -0.496 e. The quantitative estimate of drug-likeness (QED) is 0.828. The second kappa shape index (κ2) is 7.42. The van der Waals surface area contributed by atoms with Gasteiger partial charge in [-0.1, -0.05) is 35.3 Å². The molecular formula is C18H19Cl2N3O2. The highest BCUT2D eigenvalue weighted by molar-refractivity contribution is 6.33. The number of carbonyl (C=O) groups excluding carboxylic acids is 1. The molecule has 0 bridgehead atoms. The van der Waals surface area contributed by atoms with Gasteiger partial charge in [-0.25, -0.2) is 0 Å². The lowest BCUT2D eigenvalue weighted by Crippen LogP contribution is -2.49. The van der Waals surface area contributed by atoms with E-state index >= 15 is 0 Å². The molecule has 5 nitrogen and oxygen atoms in total. The average Bonchev–Trinajstić information content (AvgIpc) is 2.63. The highest BCUT2D eigenvalue weighted by atomic mass is 35.5. The molecule has 1 aliphatic heterocycles. The SMILES string of the molecule is COc1cc(N)c(Cl)cc1C(=O)N1CCN(c2ccccc2Cl)CC1. The van der Waals surface area contributed by atoms with E-state index in [9.17, 15) is 4.79 Å². The Morgan fingerprint density at radius 3 is 2.40 bits per heavy atom. The Labute approximate surface area is 156 Å². The van der Waals surface area contributed by atoms with E-state index in [1.165, 1.54) is 7.11 Å². The number of nitrogens with zero attached hydrogens (tertiary/aromatic N) is 2. The van der Waals surface area contributed by atoms with Gasteiger partial charge in [-0.15, -0.1) is 0 Å². The Kier molecular flexibility index (Phi) is 5.25. The normalized spacial score (nSPS) is 14.5. The number of benzene rings is 2. The van der Waals surface area contributed by atoms with Gasteiger partial charge in [-0.2, -0.15) is 0 Å². The number of nitrogen functional groups attached to an aromatic ring is 1. The summed E-state index contributed by atoms with van der Waals surface area (Å²) in [6.45, 7) is 2.60. The van der Waals surface area contributed by atoms with Crippen molar-refractivity contribution in [1.29, 1.82) is 0 Å². The largest absolute Gasteiger partial charge is 0.496 e. The van der Waals surface area contributed by atoms with Gasteiger partial charge in [0.1, 0.15) is 5.75 Å². The second-order valence-corrected chi connectivity index (χ2v) is 6.62. The van der Waals surface area contributed by atoms with Gasteiger partial charge in [0.15, 0.2) is 0 Å². The standard InChI is InChI=1S/C18H19Cl2N3O2/c1-25-17-11-15(21)14(20)10-12(17)18(24)23-8-6-22(7-9-23)16-5-3-2-4-13(16)19/h2-5,10-11H,6-9,21H2,1H3. The van der Waals surface area contributed by atoms with E-state index in [1.807, 2.05) is 24.3 Å². The van der Waals surface area contributed by atoms with Crippen LogP contribution in [0.3, 0.4) is 0 Å². The number of hydrogen-bond acceptors (Lipinski definition) is 4. The molecule has 2 N–H and O–H groups in total. The summed E-state index contributed by atoms with van der Waals surface area (Å²) in [6.07, 6.45) is 0. The zero-order chi connectivity index (χ0) is 18.0. The van der Waals surface area contributed by atoms with Crippen LogP contribution in [0.2, 0.25) is 10.0 Å². The van der Waals surface area contributed by atoms with Gasteiger partial charge >= 0.3 is 0 Å². The number of methoxy groups -OCH3 is 1. The molecule has 0 atom stereocenters. The van der Waals surface area contributed by atoms with Crippen molar-refractivity contribution in [2.75, 3.05) is 43.9 Å². The molecule has 0 spiro atoms. The number of carbonyl (C=O) groups is 1. The first kappa shape index (κ1) is 17.7. The molecule has 1 aliphatic rings. The summed E-state index contributed by atoms with van der Waals surface area (Å²) in [5, 5.41) is 1.06. The number of amides is 1. The van der Waals surface area contributed by atoms with E-state index in [4.69, 9.17) is 33.7 Å². The molecule has 1 fully saturated rings. The molecule has 1 amide bonds. The minimum atomic E-state index is -0.113. The Hall–Kier alpha value is -2.11. The molecule has 0 aliphatic carbocycles. The van der Waals surface area contributed by atoms with Crippen molar-refractivity contribution >= 4 is 40.5 Å². The molecule has 0 aromatic heterocycles. The van der Waals surface area contributed by atoms with Gasteiger partial charge in [0, 0.05) is 32.2 Å². The average molecular weight is 380 g/mol. The lowest BCUT2D eigenvalue weighted by molar-refractivity contribution is 0.0743. The molecular weight excluding hydrogens is 361 g/mol. The van der Waals surface area contributed by atoms with Crippen LogP contribution in [0.1, 0.15) is 10.4 Å². The van der Waals surface area contributed by atoms with E-state index in [-0.39, 0.29) is 5.91 Å². The molecule has 0 radical (unpaired) electrons. The lowest BCUT2D eigenvalue weighted by Gasteiger charge is -2.36. The summed E-state index contributed by atoms with van der Waals surface area (Å²) in [7, 11) is 1.51. The maximum Gasteiger partial charge on any atom is 0.257 e. The molecule has 3 rings (SSSR count). The van der Waals surface area contributed by atoms with Crippen LogP contribution in [-0.2, 0) is 0 Å². The van der Waals surface area contributed by atoms with Crippen molar-refractivity contribution in [3.8, 4) is 5.75 Å². The Bertz CT molecular complexity index is 790. The van der Waals surface area contributed by atoms with Crippen molar-refractivity contribution in [2.24, 2.45) is 0 Å². The topological polar surface area (TPSA) is 58.8 Å². The number of piperazine rings is 1. The lowest BCUT2D eigenvalue weighted by atomic mass is 10.1. The maximum atomic E-state index is 12.9. The molecule has 2 aromatic rings. The van der Waals surface area contributed by atoms with E-state index < -0.39 is 0 Å². The molecule has 2 aromatic carbocycles. The van der Waals surface area contributed by atoms with E-state index in [1.54, 1.807) is 17.0 Å². The number of halogens is 2. The molecule has 7 heteroatoms. The van der Waals surface area contributed by atoms with Gasteiger partial charge < -0.3 is 20.3 Å². The zero-order valence-electron chi connectivity index (χ0n) is 13.8. The summed E-state index contributed by atoms with van der Waals surface area (Å²) in [5.74, 6) is 0.318. The number of anilines is 2. The molecule has 0 unspecified atom stereocenters. The van der Waals surface area contributed by atoms with E-state index in [2.05, 4.69) is 4.90 Å². The molecule has 1 saturated heterocycles. The Balaban J connectivity index is 1.74. The van der Waals surface area contributed by atoms with Crippen LogP contribution < -0.4 is 15.4 Å². The van der Waals surface area contributed by atoms with Crippen LogP contribution in [0.5, 0.6) is 5.75 Å². The monoisotopic (exact) mass is 379 g/mol. The third-order valence-corrected chi connectivity index (χ3v) is 4.96. The predicted molar refractivity (Wildman–Crippen MR) is 102 cm³/mol. The smallest absolute Gasteiger partial charge is 0.257 e. The first-order valence-corrected chi connectivity index (χ1v) is 8.68. The van der Waals surface area contributed by atoms with Crippen molar-refractivity contribution in [2.45, 2.75) is 0 Å². The van der Waals surface area contributed by atoms with Crippen molar-refractivity contribution in [3.63, 3.8) is 0 Å². The van der Waals surface area contributed by atoms with Crippen LogP contribution in [0, 0.1) is 0 Å². The van der Waals surface area contributed by atoms with Gasteiger partial charge in [0.05, 0.1) is 34.1 Å². The van der Waals surface area contributed by atoms with Gasteiger partial charge in [0.2, 0.25) is 0 Å². The number of rotatable bonds is 3. The van der Waals surface area contributed by atoms with Gasteiger partial charge in [0.25, 0.3) is 5.91 Å².